The molecule has 2 aromatic heterocycles. The molecule has 0 aliphatic heterocycles. The van der Waals surface area contributed by atoms with Crippen LogP contribution in [0.4, 0.5) is 0 Å². The Balaban J connectivity index is 1.11. The van der Waals surface area contributed by atoms with E-state index in [1.807, 2.05) is 60.7 Å². The van der Waals surface area contributed by atoms with Gasteiger partial charge < -0.3 is 9.47 Å². The standard InChI is InChI=1S/C30H24N2O4S2/c33-29(21-7-3-1-4-8-21)35-23-15-11-19(12-16-23)25-31-27-28(37-25)32-26(38-27)20-13-17-24(18-14-20)36-30(34)22-9-5-2-6-10-22/h1-3,5,7,9,11-13,15-17H,4,6,8,10,14,18H2. The summed E-state index contributed by atoms with van der Waals surface area (Å²) >= 11 is 3.11. The summed E-state index contributed by atoms with van der Waals surface area (Å²) in [6, 6.07) is 7.42. The Labute approximate surface area is 228 Å². The predicted octanol–water partition coefficient (Wildman–Crippen LogP) is 7.48. The van der Waals surface area contributed by atoms with E-state index < -0.39 is 0 Å². The molecule has 3 aromatic rings. The van der Waals surface area contributed by atoms with Gasteiger partial charge in [-0.25, -0.2) is 19.6 Å². The maximum atomic E-state index is 12.4. The molecule has 2 heterocycles. The number of benzene rings is 1. The summed E-state index contributed by atoms with van der Waals surface area (Å²) in [5.41, 5.74) is 3.48. The molecule has 38 heavy (non-hydrogen) atoms. The molecule has 3 aliphatic carbocycles. The summed E-state index contributed by atoms with van der Waals surface area (Å²) in [7, 11) is 0. The molecule has 0 saturated heterocycles. The van der Waals surface area contributed by atoms with Gasteiger partial charge in [-0.1, -0.05) is 65.2 Å². The van der Waals surface area contributed by atoms with E-state index in [-0.39, 0.29) is 11.9 Å². The van der Waals surface area contributed by atoms with E-state index in [0.717, 1.165) is 62.1 Å². The van der Waals surface area contributed by atoms with Gasteiger partial charge in [-0.3, -0.25) is 0 Å². The van der Waals surface area contributed by atoms with Gasteiger partial charge in [0.2, 0.25) is 0 Å². The van der Waals surface area contributed by atoms with Crippen LogP contribution in [0.2, 0.25) is 0 Å². The first-order chi connectivity index (χ1) is 18.6. The summed E-state index contributed by atoms with van der Waals surface area (Å²) < 4.78 is 11.1. The van der Waals surface area contributed by atoms with Gasteiger partial charge in [0.05, 0.1) is 0 Å². The monoisotopic (exact) mass is 540 g/mol. The lowest BCUT2D eigenvalue weighted by molar-refractivity contribution is -0.135. The molecular formula is C30H24N2O4S2. The predicted molar refractivity (Wildman–Crippen MR) is 151 cm³/mol. The van der Waals surface area contributed by atoms with E-state index in [9.17, 15) is 9.59 Å². The largest absolute Gasteiger partial charge is 0.428 e. The number of aromatic nitrogens is 2. The fourth-order valence-electron chi connectivity index (χ4n) is 4.35. The molecule has 6 rings (SSSR count). The molecule has 0 spiro atoms. The van der Waals surface area contributed by atoms with Gasteiger partial charge in [-0.2, -0.15) is 0 Å². The van der Waals surface area contributed by atoms with Crippen LogP contribution in [0.3, 0.4) is 0 Å². The third-order valence-electron chi connectivity index (χ3n) is 6.45. The van der Waals surface area contributed by atoms with Gasteiger partial charge in [0.25, 0.3) is 0 Å². The second-order valence-electron chi connectivity index (χ2n) is 9.09. The van der Waals surface area contributed by atoms with Crippen LogP contribution in [-0.4, -0.2) is 21.9 Å². The zero-order chi connectivity index (χ0) is 25.9. The van der Waals surface area contributed by atoms with E-state index >= 15 is 0 Å². The van der Waals surface area contributed by atoms with Gasteiger partial charge in [0, 0.05) is 23.1 Å². The Morgan fingerprint density at radius 3 is 1.92 bits per heavy atom. The van der Waals surface area contributed by atoms with Crippen LogP contribution >= 0.6 is 22.7 Å². The zero-order valence-electron chi connectivity index (χ0n) is 20.5. The number of nitrogens with zero attached hydrogens (tertiary/aromatic N) is 2. The molecule has 0 bridgehead atoms. The van der Waals surface area contributed by atoms with Crippen molar-refractivity contribution in [3.05, 3.63) is 94.8 Å². The van der Waals surface area contributed by atoms with Crippen molar-refractivity contribution in [2.24, 2.45) is 0 Å². The Hall–Kier alpha value is -3.88. The number of esters is 2. The second-order valence-corrected chi connectivity index (χ2v) is 11.0. The fraction of sp³-hybridized carbons (Fsp3) is 0.200. The molecule has 8 heteroatoms. The van der Waals surface area contributed by atoms with Crippen LogP contribution in [0.5, 0.6) is 5.75 Å². The molecule has 0 unspecified atom stereocenters. The van der Waals surface area contributed by atoms with Gasteiger partial charge in [0.15, 0.2) is 9.66 Å². The molecule has 6 nitrogen and oxygen atoms in total. The molecule has 3 aliphatic rings. The van der Waals surface area contributed by atoms with Gasteiger partial charge in [0.1, 0.15) is 21.5 Å². The number of rotatable bonds is 6. The number of carbonyl (C=O) groups excluding carboxylic acids is 2. The van der Waals surface area contributed by atoms with E-state index in [0.29, 0.717) is 29.9 Å². The lowest BCUT2D eigenvalue weighted by Crippen LogP contribution is -2.12. The third kappa shape index (κ3) is 5.37. The maximum absolute atomic E-state index is 12.4. The summed E-state index contributed by atoms with van der Waals surface area (Å²) in [5.74, 6) is 0.649. The van der Waals surface area contributed by atoms with Crippen LogP contribution in [0, 0.1) is 0 Å². The van der Waals surface area contributed by atoms with E-state index in [1.165, 1.54) is 0 Å². The molecule has 0 N–H and O–H groups in total. The Kier molecular flexibility index (Phi) is 6.98. The Morgan fingerprint density at radius 2 is 1.32 bits per heavy atom. The van der Waals surface area contributed by atoms with Gasteiger partial charge in [-0.05, 0) is 68.0 Å². The molecule has 190 valence electrons. The molecule has 0 fully saturated rings. The summed E-state index contributed by atoms with van der Waals surface area (Å²) in [6.07, 6.45) is 20.0. The van der Waals surface area contributed by atoms with Crippen molar-refractivity contribution in [3.63, 3.8) is 0 Å². The highest BCUT2D eigenvalue weighted by Crippen LogP contribution is 2.38. The first kappa shape index (κ1) is 24.5. The molecule has 0 saturated carbocycles. The van der Waals surface area contributed by atoms with Gasteiger partial charge in [-0.15, -0.1) is 0 Å². The third-order valence-corrected chi connectivity index (χ3v) is 8.60. The average Bonchev–Trinajstić information content (AvgIpc) is 3.55. The number of hydrogen-bond acceptors (Lipinski definition) is 8. The maximum Gasteiger partial charge on any atom is 0.339 e. The van der Waals surface area contributed by atoms with Crippen molar-refractivity contribution in [1.82, 2.24) is 9.97 Å². The summed E-state index contributed by atoms with van der Waals surface area (Å²) in [4.78, 5) is 36.1. The van der Waals surface area contributed by atoms with Crippen molar-refractivity contribution in [2.75, 3.05) is 0 Å². The van der Waals surface area contributed by atoms with E-state index in [1.54, 1.807) is 34.8 Å². The van der Waals surface area contributed by atoms with E-state index in [4.69, 9.17) is 19.4 Å². The van der Waals surface area contributed by atoms with E-state index in [2.05, 4.69) is 0 Å². The minimum atomic E-state index is -0.301. The van der Waals surface area contributed by atoms with Crippen LogP contribution in [0.15, 0.2) is 89.8 Å². The highest BCUT2D eigenvalue weighted by molar-refractivity contribution is 7.28. The highest BCUT2D eigenvalue weighted by Gasteiger charge is 2.20. The SMILES string of the molecule is O=C(OC1=CC=C(c2nc3sc(-c4ccc(OC(=O)C5=CC=CCC5)cc4)nc3s2)CC1)C1=CC=CCC1. The number of carbonyl (C=O) groups is 2. The lowest BCUT2D eigenvalue weighted by atomic mass is 10.0. The molecular weight excluding hydrogens is 516 g/mol. The quantitative estimate of drug-likeness (QED) is 0.238. The van der Waals surface area contributed by atoms with Crippen LogP contribution < -0.4 is 4.74 Å². The second kappa shape index (κ2) is 10.8. The van der Waals surface area contributed by atoms with Crippen LogP contribution in [-0.2, 0) is 14.3 Å². The fourth-order valence-corrected chi connectivity index (χ4v) is 6.45. The van der Waals surface area contributed by atoms with Crippen LogP contribution in [0.25, 0.3) is 25.8 Å². The van der Waals surface area contributed by atoms with Crippen molar-refractivity contribution < 1.29 is 19.1 Å². The molecule has 0 atom stereocenters. The Bertz CT molecular complexity index is 1560. The topological polar surface area (TPSA) is 78.4 Å². The molecule has 0 amide bonds. The smallest absolute Gasteiger partial charge is 0.339 e. The van der Waals surface area contributed by atoms with Crippen molar-refractivity contribution >= 4 is 49.8 Å². The first-order valence-electron chi connectivity index (χ1n) is 12.6. The minimum absolute atomic E-state index is 0.255. The molecule has 1 aromatic carbocycles. The first-order valence-corrected chi connectivity index (χ1v) is 14.2. The van der Waals surface area contributed by atoms with Crippen LogP contribution in [0.1, 0.15) is 43.5 Å². The van der Waals surface area contributed by atoms with Crippen molar-refractivity contribution in [2.45, 2.75) is 38.5 Å². The number of allylic oxidation sites excluding steroid dienone is 10. The van der Waals surface area contributed by atoms with Gasteiger partial charge >= 0.3 is 11.9 Å². The number of thiazole rings is 2. The number of fused-ring (bicyclic) bond motifs is 1. The molecule has 0 radical (unpaired) electrons. The Morgan fingerprint density at radius 1 is 0.684 bits per heavy atom. The van der Waals surface area contributed by atoms with Crippen molar-refractivity contribution in [1.29, 1.82) is 0 Å². The average molecular weight is 541 g/mol. The minimum Gasteiger partial charge on any atom is -0.428 e. The normalized spacial score (nSPS) is 16.9. The number of hydrogen-bond donors (Lipinski definition) is 0. The number of ether oxygens (including phenoxy) is 2. The zero-order valence-corrected chi connectivity index (χ0v) is 22.1. The highest BCUT2D eigenvalue weighted by atomic mass is 32.1. The lowest BCUT2D eigenvalue weighted by Gasteiger charge is -2.15. The summed E-state index contributed by atoms with van der Waals surface area (Å²) in [6.45, 7) is 0. The summed E-state index contributed by atoms with van der Waals surface area (Å²) in [5, 5.41) is 1.82. The van der Waals surface area contributed by atoms with Crippen molar-refractivity contribution in [3.8, 4) is 16.3 Å².